The van der Waals surface area contributed by atoms with Gasteiger partial charge in [-0.1, -0.05) is 0 Å². The van der Waals surface area contributed by atoms with Crippen LogP contribution in [-0.4, -0.2) is 67.7 Å². The van der Waals surface area contributed by atoms with Crippen LogP contribution in [0.5, 0.6) is 0 Å². The standard InChI is InChI=1S/C22H28FN3O5/c1-29-21(27)24-13-4-5-20(19(23)7-13)25-6-2-3-16(12-25)31-22(28)26-14-8-17-10-15(26)11-18(9-14)30-17/h4-5,7,14-18H,2-3,6,8-12H2,1H3,(H,24,27). The Morgan fingerprint density at radius 1 is 1.16 bits per heavy atom. The number of ether oxygens (including phenoxy) is 3. The second-order valence-electron chi connectivity index (χ2n) is 8.91. The summed E-state index contributed by atoms with van der Waals surface area (Å²) in [4.78, 5) is 28.2. The summed E-state index contributed by atoms with van der Waals surface area (Å²) in [7, 11) is 1.25. The Morgan fingerprint density at radius 2 is 1.87 bits per heavy atom. The number of piperidine rings is 3. The molecule has 168 valence electrons. The van der Waals surface area contributed by atoms with Crippen LogP contribution in [-0.2, 0) is 14.2 Å². The first-order valence-corrected chi connectivity index (χ1v) is 11.0. The number of rotatable bonds is 3. The second kappa shape index (κ2) is 8.18. The number of hydrogen-bond acceptors (Lipinski definition) is 6. The van der Waals surface area contributed by atoms with Gasteiger partial charge in [0.1, 0.15) is 11.9 Å². The van der Waals surface area contributed by atoms with Crippen molar-refractivity contribution in [3.63, 3.8) is 0 Å². The van der Waals surface area contributed by atoms with Crippen LogP contribution in [0.3, 0.4) is 0 Å². The van der Waals surface area contributed by atoms with Crippen molar-refractivity contribution in [1.82, 2.24) is 4.90 Å². The fourth-order valence-corrected chi connectivity index (χ4v) is 5.61. The van der Waals surface area contributed by atoms with E-state index in [-0.39, 0.29) is 36.5 Å². The Morgan fingerprint density at radius 3 is 2.52 bits per heavy atom. The van der Waals surface area contributed by atoms with Crippen LogP contribution in [0.2, 0.25) is 0 Å². The number of carbonyl (C=O) groups is 2. The minimum atomic E-state index is -0.650. The molecule has 5 aliphatic heterocycles. The molecule has 5 fully saturated rings. The van der Waals surface area contributed by atoms with E-state index >= 15 is 0 Å². The monoisotopic (exact) mass is 433 g/mol. The Kier molecular flexibility index (Phi) is 5.37. The van der Waals surface area contributed by atoms with Crippen LogP contribution in [0.1, 0.15) is 38.5 Å². The van der Waals surface area contributed by atoms with E-state index in [1.807, 2.05) is 9.80 Å². The summed E-state index contributed by atoms with van der Waals surface area (Å²) in [5.41, 5.74) is 0.759. The van der Waals surface area contributed by atoms with E-state index in [2.05, 4.69) is 10.1 Å². The third-order valence-electron chi connectivity index (χ3n) is 6.89. The van der Waals surface area contributed by atoms with Gasteiger partial charge in [-0.05, 0) is 56.7 Å². The highest BCUT2D eigenvalue weighted by Crippen LogP contribution is 2.43. The molecule has 9 heteroatoms. The first kappa shape index (κ1) is 20.4. The lowest BCUT2D eigenvalue weighted by molar-refractivity contribution is -0.174. The number of nitrogens with one attached hydrogen (secondary N) is 1. The van der Waals surface area contributed by atoms with E-state index in [9.17, 15) is 14.0 Å². The van der Waals surface area contributed by atoms with Gasteiger partial charge >= 0.3 is 12.2 Å². The molecule has 1 aromatic rings. The molecule has 2 amide bonds. The van der Waals surface area contributed by atoms with Gasteiger partial charge in [0, 0.05) is 24.3 Å². The molecule has 5 heterocycles. The molecule has 1 aromatic carbocycles. The maximum atomic E-state index is 14.7. The molecule has 5 saturated heterocycles. The molecular weight excluding hydrogens is 405 g/mol. The lowest BCUT2D eigenvalue weighted by Gasteiger charge is -2.55. The summed E-state index contributed by atoms with van der Waals surface area (Å²) in [6.07, 6.45) is 4.59. The van der Waals surface area contributed by atoms with Gasteiger partial charge in [0.15, 0.2) is 0 Å². The smallest absolute Gasteiger partial charge is 0.411 e. The van der Waals surface area contributed by atoms with Gasteiger partial charge in [-0.15, -0.1) is 0 Å². The number of methoxy groups -OCH3 is 1. The zero-order valence-corrected chi connectivity index (χ0v) is 17.6. The summed E-state index contributed by atoms with van der Waals surface area (Å²) in [5, 5.41) is 2.46. The molecule has 31 heavy (non-hydrogen) atoms. The zero-order chi connectivity index (χ0) is 21.5. The van der Waals surface area contributed by atoms with Crippen molar-refractivity contribution in [1.29, 1.82) is 0 Å². The highest BCUT2D eigenvalue weighted by atomic mass is 19.1. The molecule has 0 aromatic heterocycles. The van der Waals surface area contributed by atoms with E-state index in [1.165, 1.54) is 13.2 Å². The number of amides is 2. The van der Waals surface area contributed by atoms with Gasteiger partial charge in [0.2, 0.25) is 0 Å². The van der Waals surface area contributed by atoms with Crippen LogP contribution >= 0.6 is 0 Å². The van der Waals surface area contributed by atoms with Crippen LogP contribution in [0.25, 0.3) is 0 Å². The second-order valence-corrected chi connectivity index (χ2v) is 8.91. The number of anilines is 2. The summed E-state index contributed by atoms with van der Waals surface area (Å²) >= 11 is 0. The Balaban J connectivity index is 1.22. The molecule has 0 aliphatic carbocycles. The quantitative estimate of drug-likeness (QED) is 0.786. The number of hydrogen-bond donors (Lipinski definition) is 1. The van der Waals surface area contributed by atoms with Crippen LogP contribution in [0.4, 0.5) is 25.4 Å². The number of carbonyl (C=O) groups excluding carboxylic acids is 2. The molecule has 6 rings (SSSR count). The van der Waals surface area contributed by atoms with Crippen LogP contribution in [0.15, 0.2) is 18.2 Å². The first-order valence-electron chi connectivity index (χ1n) is 11.0. The van der Waals surface area contributed by atoms with E-state index < -0.39 is 11.9 Å². The van der Waals surface area contributed by atoms with Crippen molar-refractivity contribution in [2.75, 3.05) is 30.4 Å². The first-order chi connectivity index (χ1) is 15.0. The predicted molar refractivity (Wildman–Crippen MR) is 111 cm³/mol. The van der Waals surface area contributed by atoms with Crippen molar-refractivity contribution >= 4 is 23.6 Å². The molecule has 1 N–H and O–H groups in total. The molecule has 5 aliphatic rings. The average molecular weight is 433 g/mol. The number of nitrogens with zero attached hydrogens (tertiary/aromatic N) is 2. The Labute approximate surface area is 180 Å². The summed E-state index contributed by atoms with van der Waals surface area (Å²) in [6.45, 7) is 1.13. The van der Waals surface area contributed by atoms with Crippen molar-refractivity contribution in [2.24, 2.45) is 0 Å². The molecule has 0 saturated carbocycles. The summed E-state index contributed by atoms with van der Waals surface area (Å²) < 4.78 is 31.1. The Bertz CT molecular complexity index is 838. The molecule has 1 unspecified atom stereocenters. The molecule has 1 atom stereocenters. The molecular formula is C22H28FN3O5. The lowest BCUT2D eigenvalue weighted by atomic mass is 9.78. The highest BCUT2D eigenvalue weighted by molar-refractivity contribution is 5.84. The largest absolute Gasteiger partial charge is 0.453 e. The van der Waals surface area contributed by atoms with Gasteiger partial charge in [0.05, 0.1) is 31.5 Å². The SMILES string of the molecule is COC(=O)Nc1ccc(N2CCCC(OC(=O)N3C4CC5CC3CC(C4)O5)C2)c(F)c1. The van der Waals surface area contributed by atoms with Gasteiger partial charge in [-0.2, -0.15) is 0 Å². The maximum absolute atomic E-state index is 14.7. The topological polar surface area (TPSA) is 80.3 Å². The van der Waals surface area contributed by atoms with Crippen molar-refractivity contribution in [3.8, 4) is 0 Å². The van der Waals surface area contributed by atoms with E-state index in [0.29, 0.717) is 24.5 Å². The fourth-order valence-electron chi connectivity index (χ4n) is 5.61. The minimum Gasteiger partial charge on any atom is -0.453 e. The Hall–Kier alpha value is -2.55. The fraction of sp³-hybridized carbons (Fsp3) is 0.636. The average Bonchev–Trinajstić information content (AvgIpc) is 2.73. The van der Waals surface area contributed by atoms with E-state index in [4.69, 9.17) is 9.47 Å². The van der Waals surface area contributed by atoms with E-state index in [0.717, 1.165) is 38.5 Å². The van der Waals surface area contributed by atoms with E-state index in [1.54, 1.807) is 12.1 Å². The highest BCUT2D eigenvalue weighted by Gasteiger charge is 2.50. The number of benzene rings is 1. The third kappa shape index (κ3) is 4.03. The molecule has 4 bridgehead atoms. The van der Waals surface area contributed by atoms with Gasteiger partial charge < -0.3 is 24.0 Å². The number of halogens is 1. The van der Waals surface area contributed by atoms with Crippen molar-refractivity contribution < 1.29 is 28.2 Å². The summed E-state index contributed by atoms with van der Waals surface area (Å²) in [5.74, 6) is -0.439. The lowest BCUT2D eigenvalue weighted by Crippen LogP contribution is -2.64. The molecule has 0 spiro atoms. The van der Waals surface area contributed by atoms with Gasteiger partial charge in [-0.3, -0.25) is 5.32 Å². The maximum Gasteiger partial charge on any atom is 0.411 e. The van der Waals surface area contributed by atoms with Crippen molar-refractivity contribution in [2.45, 2.75) is 68.9 Å². The molecule has 8 nitrogen and oxygen atoms in total. The third-order valence-corrected chi connectivity index (χ3v) is 6.89. The van der Waals surface area contributed by atoms with Crippen LogP contribution < -0.4 is 10.2 Å². The van der Waals surface area contributed by atoms with Gasteiger partial charge in [-0.25, -0.2) is 14.0 Å². The van der Waals surface area contributed by atoms with Crippen molar-refractivity contribution in [3.05, 3.63) is 24.0 Å². The predicted octanol–water partition coefficient (Wildman–Crippen LogP) is 3.50. The summed E-state index contributed by atoms with van der Waals surface area (Å²) in [6, 6.07) is 4.97. The normalized spacial score (nSPS) is 31.5. The zero-order valence-electron chi connectivity index (χ0n) is 17.6. The molecule has 0 radical (unpaired) electrons. The minimum absolute atomic E-state index is 0.218. The van der Waals surface area contributed by atoms with Gasteiger partial charge in [0.25, 0.3) is 0 Å². The van der Waals surface area contributed by atoms with Crippen LogP contribution in [0, 0.1) is 5.82 Å².